The largest absolute Gasteiger partial charge is 0.302 e. The molecule has 9 heavy (non-hydrogen) atoms. The first-order valence-electron chi connectivity index (χ1n) is 2.17. The fourth-order valence-corrected chi connectivity index (χ4v) is 1.61. The van der Waals surface area contributed by atoms with Crippen LogP contribution >= 0.6 is 52.5 Å². The maximum absolute atomic E-state index is 11.0. The molecule has 0 aromatic heterocycles. The molecule has 0 aliphatic rings. The molecule has 1 unspecified atom stereocenters. The average molecular weight is 230 g/mol. The fraction of sp³-hybridized carbons (Fsp3) is 1.00. The van der Waals surface area contributed by atoms with Gasteiger partial charge in [0.2, 0.25) is 6.49 Å². The Hall–Kier alpha value is 1.39. The van der Waals surface area contributed by atoms with E-state index in [1.165, 1.54) is 0 Å². The van der Waals surface area contributed by atoms with Crippen LogP contribution in [0.1, 0.15) is 6.92 Å². The SMILES string of the molecule is CCP(=O)(Cl)C(Cl)(Cl)Cl. The number of rotatable bonds is 1. The van der Waals surface area contributed by atoms with Gasteiger partial charge in [-0.3, -0.25) is 0 Å². The Kier molecular flexibility index (Phi) is 3.69. The molecule has 0 bridgehead atoms. The highest BCUT2D eigenvalue weighted by atomic mass is 35.7. The first-order chi connectivity index (χ1) is 3.81. The number of alkyl halides is 3. The molecular weight excluding hydrogens is 225 g/mol. The summed E-state index contributed by atoms with van der Waals surface area (Å²) in [6.07, 6.45) is 0.186. The molecule has 0 aliphatic carbocycles. The van der Waals surface area contributed by atoms with Crippen LogP contribution < -0.4 is 0 Å². The Bertz CT molecular complexity index is 139. The van der Waals surface area contributed by atoms with Gasteiger partial charge in [0.15, 0.2) is 0 Å². The quantitative estimate of drug-likeness (QED) is 0.493. The van der Waals surface area contributed by atoms with E-state index in [0.717, 1.165) is 0 Å². The molecule has 0 heterocycles. The van der Waals surface area contributed by atoms with Crippen molar-refractivity contribution in [1.82, 2.24) is 0 Å². The molecule has 56 valence electrons. The Morgan fingerprint density at radius 1 is 1.44 bits per heavy atom. The van der Waals surface area contributed by atoms with Crippen LogP contribution in [-0.4, -0.2) is 9.70 Å². The molecule has 0 N–H and O–H groups in total. The van der Waals surface area contributed by atoms with Gasteiger partial charge in [0.25, 0.3) is 3.53 Å². The standard InChI is InChI=1S/C3H5Cl4OP/c1-2-9(7,8)3(4,5)6/h2H2,1H3. The maximum atomic E-state index is 11.0. The van der Waals surface area contributed by atoms with E-state index >= 15 is 0 Å². The lowest BCUT2D eigenvalue weighted by Crippen LogP contribution is -2.00. The summed E-state index contributed by atoms with van der Waals surface area (Å²) in [5, 5.41) is 0. The lowest BCUT2D eigenvalue weighted by Gasteiger charge is -2.15. The minimum Gasteiger partial charge on any atom is -0.302 e. The topological polar surface area (TPSA) is 17.1 Å². The zero-order chi connectivity index (χ0) is 7.71. The highest BCUT2D eigenvalue weighted by Gasteiger charge is 2.40. The Labute approximate surface area is 73.8 Å². The van der Waals surface area contributed by atoms with E-state index in [-0.39, 0.29) is 6.16 Å². The summed E-state index contributed by atoms with van der Waals surface area (Å²) in [4.78, 5) is 0. The molecule has 0 rings (SSSR count). The van der Waals surface area contributed by atoms with E-state index in [1.807, 2.05) is 0 Å². The van der Waals surface area contributed by atoms with Crippen molar-refractivity contribution in [1.29, 1.82) is 0 Å². The Balaban J connectivity index is 4.35. The van der Waals surface area contributed by atoms with Gasteiger partial charge in [-0.15, -0.1) is 0 Å². The van der Waals surface area contributed by atoms with E-state index in [0.29, 0.717) is 0 Å². The zero-order valence-electron chi connectivity index (χ0n) is 4.57. The van der Waals surface area contributed by atoms with Gasteiger partial charge in [-0.2, -0.15) is 0 Å². The minimum atomic E-state index is -3.09. The Morgan fingerprint density at radius 2 is 1.78 bits per heavy atom. The van der Waals surface area contributed by atoms with Crippen molar-refractivity contribution in [2.24, 2.45) is 0 Å². The molecule has 6 heteroatoms. The summed E-state index contributed by atoms with van der Waals surface area (Å²) in [6, 6.07) is 0. The highest BCUT2D eigenvalue weighted by Crippen LogP contribution is 2.68. The summed E-state index contributed by atoms with van der Waals surface area (Å²) in [6.45, 7) is -1.48. The van der Waals surface area contributed by atoms with E-state index in [1.54, 1.807) is 6.92 Å². The zero-order valence-corrected chi connectivity index (χ0v) is 8.49. The van der Waals surface area contributed by atoms with Gasteiger partial charge in [-0.1, -0.05) is 41.7 Å². The molecule has 0 saturated carbocycles. The van der Waals surface area contributed by atoms with Crippen LogP contribution in [0.15, 0.2) is 0 Å². The molecule has 0 radical (unpaired) electrons. The van der Waals surface area contributed by atoms with Gasteiger partial charge < -0.3 is 4.57 Å². The number of hydrogen-bond acceptors (Lipinski definition) is 1. The van der Waals surface area contributed by atoms with Gasteiger partial charge in [0, 0.05) is 6.16 Å². The molecule has 0 saturated heterocycles. The first-order valence-corrected chi connectivity index (χ1v) is 6.10. The summed E-state index contributed by atoms with van der Waals surface area (Å²) in [7, 11) is 0. The molecule has 0 fully saturated rings. The van der Waals surface area contributed by atoms with E-state index in [9.17, 15) is 4.57 Å². The van der Waals surface area contributed by atoms with E-state index in [4.69, 9.17) is 46.0 Å². The third-order valence-electron chi connectivity index (χ3n) is 0.785. The van der Waals surface area contributed by atoms with Gasteiger partial charge in [-0.05, 0) is 11.2 Å². The van der Waals surface area contributed by atoms with Crippen LogP contribution in [0.4, 0.5) is 0 Å². The van der Waals surface area contributed by atoms with Crippen LogP contribution in [-0.2, 0) is 4.57 Å². The second-order valence-electron chi connectivity index (χ2n) is 1.44. The van der Waals surface area contributed by atoms with Crippen molar-refractivity contribution >= 4 is 52.5 Å². The van der Waals surface area contributed by atoms with E-state index in [2.05, 4.69) is 0 Å². The van der Waals surface area contributed by atoms with Gasteiger partial charge in [0.05, 0.1) is 0 Å². The predicted molar refractivity (Wildman–Crippen MR) is 44.3 cm³/mol. The first kappa shape index (κ1) is 10.4. The molecule has 0 amide bonds. The van der Waals surface area contributed by atoms with Crippen molar-refractivity contribution in [2.45, 2.75) is 10.5 Å². The highest BCUT2D eigenvalue weighted by molar-refractivity contribution is 7.94. The summed E-state index contributed by atoms with van der Waals surface area (Å²) in [5.41, 5.74) is 0. The van der Waals surface area contributed by atoms with Crippen molar-refractivity contribution in [2.75, 3.05) is 6.16 Å². The second kappa shape index (κ2) is 3.19. The fourth-order valence-electron chi connectivity index (χ4n) is 0.179. The molecule has 0 aromatic carbocycles. The number of halogens is 4. The number of hydrogen-bond donors (Lipinski definition) is 0. The third-order valence-corrected chi connectivity index (χ3v) is 7.07. The van der Waals surface area contributed by atoms with Crippen molar-refractivity contribution in [3.63, 3.8) is 0 Å². The summed E-state index contributed by atoms with van der Waals surface area (Å²) < 4.78 is 9.16. The van der Waals surface area contributed by atoms with E-state index < -0.39 is 10.0 Å². The molecule has 1 nitrogen and oxygen atoms in total. The van der Waals surface area contributed by atoms with Crippen molar-refractivity contribution in [3.8, 4) is 0 Å². The minimum absolute atomic E-state index is 0.186. The molecular formula is C3H5Cl4OP. The smallest absolute Gasteiger partial charge is 0.256 e. The van der Waals surface area contributed by atoms with Crippen LogP contribution in [0, 0.1) is 0 Å². The third kappa shape index (κ3) is 2.86. The lowest BCUT2D eigenvalue weighted by molar-refractivity contribution is 0.585. The average Bonchev–Trinajstić information content (AvgIpc) is 1.64. The van der Waals surface area contributed by atoms with Crippen LogP contribution in [0.2, 0.25) is 0 Å². The molecule has 0 aliphatic heterocycles. The Morgan fingerprint density at radius 3 is 1.78 bits per heavy atom. The van der Waals surface area contributed by atoms with Gasteiger partial charge in [0.1, 0.15) is 0 Å². The second-order valence-corrected chi connectivity index (χ2v) is 8.75. The summed E-state index contributed by atoms with van der Waals surface area (Å²) in [5.74, 6) is 0. The molecule has 1 atom stereocenters. The lowest BCUT2D eigenvalue weighted by atomic mass is 11.0. The predicted octanol–water partition coefficient (Wildman–Crippen LogP) is 3.85. The van der Waals surface area contributed by atoms with Gasteiger partial charge >= 0.3 is 0 Å². The monoisotopic (exact) mass is 228 g/mol. The normalized spacial score (nSPS) is 19.2. The van der Waals surface area contributed by atoms with Gasteiger partial charge in [-0.25, -0.2) is 0 Å². The van der Waals surface area contributed by atoms with Crippen LogP contribution in [0.3, 0.4) is 0 Å². The molecule has 0 spiro atoms. The maximum Gasteiger partial charge on any atom is 0.256 e. The van der Waals surface area contributed by atoms with Crippen molar-refractivity contribution in [3.05, 3.63) is 0 Å². The van der Waals surface area contributed by atoms with Crippen LogP contribution in [0.25, 0.3) is 0 Å². The summed E-state index contributed by atoms with van der Waals surface area (Å²) >= 11 is 21.1. The van der Waals surface area contributed by atoms with Crippen molar-refractivity contribution < 1.29 is 4.57 Å². The van der Waals surface area contributed by atoms with Crippen LogP contribution in [0.5, 0.6) is 0 Å². The molecule has 0 aromatic rings.